The van der Waals surface area contributed by atoms with Gasteiger partial charge in [0.05, 0.1) is 18.2 Å². The number of imide groups is 1. The zero-order valence-electron chi connectivity index (χ0n) is 23.3. The van der Waals surface area contributed by atoms with Crippen molar-refractivity contribution < 1.29 is 31.9 Å². The molecule has 0 aliphatic carbocycles. The van der Waals surface area contributed by atoms with E-state index in [1.165, 1.54) is 6.07 Å². The Hall–Kier alpha value is -3.34. The summed E-state index contributed by atoms with van der Waals surface area (Å²) in [5.74, 6) is 0.428. The van der Waals surface area contributed by atoms with E-state index < -0.39 is 23.4 Å². The van der Waals surface area contributed by atoms with Crippen LogP contribution < -0.4 is 15.7 Å². The quantitative estimate of drug-likeness (QED) is 0.118. The Labute approximate surface area is 245 Å². The molecular weight excluding hydrogens is 605 g/mol. The number of hydrogen-bond acceptors (Lipinski definition) is 5. The van der Waals surface area contributed by atoms with Gasteiger partial charge in [-0.1, -0.05) is 54.8 Å². The third-order valence-electron chi connectivity index (χ3n) is 6.62. The molecule has 3 amide bonds. The molecule has 0 aliphatic rings. The fraction of sp³-hybridized carbons (Fsp3) is 0.433. The standard InChI is InChI=1S/C30H34BrF3N2O5/c1-4-8-21-16-24-25(30(32,33)34)17-26(38)41-28(24)23(9-5-2)27(21)40-15-7-6-14-36(18-37)29(39)35-19(3)20-10-12-22(31)13-11-20/h10-13,16-19H,4-9,14-15H2,1-3H3,(H,35,39). The summed E-state index contributed by atoms with van der Waals surface area (Å²) in [6.07, 6.45) is -1.19. The highest BCUT2D eigenvalue weighted by Crippen LogP contribution is 2.40. The third kappa shape index (κ3) is 8.34. The molecule has 0 radical (unpaired) electrons. The van der Waals surface area contributed by atoms with Crippen molar-refractivity contribution >= 4 is 39.3 Å². The molecular formula is C30H34BrF3N2O5. The predicted molar refractivity (Wildman–Crippen MR) is 154 cm³/mol. The van der Waals surface area contributed by atoms with Gasteiger partial charge < -0.3 is 14.5 Å². The number of nitrogens with one attached hydrogen (secondary N) is 1. The monoisotopic (exact) mass is 638 g/mol. The molecule has 222 valence electrons. The number of carbonyl (C=O) groups is 2. The number of nitrogens with zero attached hydrogens (tertiary/aromatic N) is 1. The van der Waals surface area contributed by atoms with Gasteiger partial charge in [0.1, 0.15) is 11.3 Å². The van der Waals surface area contributed by atoms with Crippen LogP contribution in [0.2, 0.25) is 0 Å². The molecule has 0 spiro atoms. The second-order valence-corrected chi connectivity index (χ2v) is 10.7. The van der Waals surface area contributed by atoms with Crippen LogP contribution in [0.1, 0.15) is 74.8 Å². The molecule has 3 rings (SSSR count). The zero-order chi connectivity index (χ0) is 30.2. The third-order valence-corrected chi connectivity index (χ3v) is 7.15. The van der Waals surface area contributed by atoms with Crippen molar-refractivity contribution in [2.45, 2.75) is 71.5 Å². The molecule has 0 bridgehead atoms. The maximum atomic E-state index is 13.8. The van der Waals surface area contributed by atoms with E-state index in [0.29, 0.717) is 67.9 Å². The average molecular weight is 640 g/mol. The van der Waals surface area contributed by atoms with Gasteiger partial charge in [-0.05, 0) is 61.9 Å². The highest BCUT2D eigenvalue weighted by Gasteiger charge is 2.35. The molecule has 0 saturated carbocycles. The van der Waals surface area contributed by atoms with Crippen LogP contribution >= 0.6 is 15.9 Å². The molecule has 1 atom stereocenters. The molecule has 3 aromatic rings. The largest absolute Gasteiger partial charge is 0.493 e. The van der Waals surface area contributed by atoms with Crippen molar-refractivity contribution in [1.82, 2.24) is 10.2 Å². The molecule has 1 unspecified atom stereocenters. The fourth-order valence-electron chi connectivity index (χ4n) is 4.62. The van der Waals surface area contributed by atoms with Gasteiger partial charge in [-0.3, -0.25) is 9.69 Å². The number of amides is 3. The summed E-state index contributed by atoms with van der Waals surface area (Å²) < 4.78 is 53.6. The minimum absolute atomic E-state index is 0.106. The van der Waals surface area contributed by atoms with Crippen LogP contribution in [-0.2, 0) is 23.8 Å². The number of benzene rings is 2. The molecule has 0 aliphatic heterocycles. The van der Waals surface area contributed by atoms with Crippen molar-refractivity contribution in [3.05, 3.63) is 73.5 Å². The molecule has 11 heteroatoms. The number of ether oxygens (including phenoxy) is 1. The van der Waals surface area contributed by atoms with Gasteiger partial charge in [0, 0.05) is 28.0 Å². The van der Waals surface area contributed by atoms with Crippen LogP contribution in [0.15, 0.2) is 50.1 Å². The van der Waals surface area contributed by atoms with Gasteiger partial charge >= 0.3 is 17.8 Å². The van der Waals surface area contributed by atoms with E-state index >= 15 is 0 Å². The summed E-state index contributed by atoms with van der Waals surface area (Å²) in [6, 6.07) is 8.56. The first-order valence-electron chi connectivity index (χ1n) is 13.6. The van der Waals surface area contributed by atoms with Gasteiger partial charge in [0.25, 0.3) is 0 Å². The molecule has 1 heterocycles. The Bertz CT molecular complexity index is 1410. The van der Waals surface area contributed by atoms with Gasteiger partial charge in [0.15, 0.2) is 0 Å². The number of unbranched alkanes of at least 4 members (excludes halogenated alkanes) is 1. The lowest BCUT2D eigenvalue weighted by Crippen LogP contribution is -2.40. The first-order chi connectivity index (χ1) is 19.5. The van der Waals surface area contributed by atoms with E-state index in [9.17, 15) is 27.6 Å². The highest BCUT2D eigenvalue weighted by atomic mass is 79.9. The van der Waals surface area contributed by atoms with Crippen LogP contribution in [-0.4, -0.2) is 30.5 Å². The number of aryl methyl sites for hydroxylation is 2. The summed E-state index contributed by atoms with van der Waals surface area (Å²) in [7, 11) is 0. The first kappa shape index (κ1) is 32.2. The summed E-state index contributed by atoms with van der Waals surface area (Å²) in [6.45, 7) is 5.98. The number of rotatable bonds is 13. The predicted octanol–water partition coefficient (Wildman–Crippen LogP) is 7.57. The van der Waals surface area contributed by atoms with E-state index in [0.717, 1.165) is 14.9 Å². The number of fused-ring (bicyclic) bond motifs is 1. The van der Waals surface area contributed by atoms with E-state index in [2.05, 4.69) is 21.2 Å². The fourth-order valence-corrected chi connectivity index (χ4v) is 4.88. The topological polar surface area (TPSA) is 88.8 Å². The second kappa shape index (κ2) is 14.5. The van der Waals surface area contributed by atoms with Crippen molar-refractivity contribution in [2.24, 2.45) is 0 Å². The lowest BCUT2D eigenvalue weighted by molar-refractivity contribution is -0.136. The number of alkyl halides is 3. The van der Waals surface area contributed by atoms with Crippen LogP contribution in [0.3, 0.4) is 0 Å². The Balaban J connectivity index is 1.72. The van der Waals surface area contributed by atoms with Gasteiger partial charge in [-0.25, -0.2) is 9.59 Å². The summed E-state index contributed by atoms with van der Waals surface area (Å²) in [4.78, 5) is 37.3. The lowest BCUT2D eigenvalue weighted by atomic mass is 9.96. The molecule has 0 saturated heterocycles. The lowest BCUT2D eigenvalue weighted by Gasteiger charge is -2.21. The Morgan fingerprint density at radius 3 is 2.41 bits per heavy atom. The van der Waals surface area contributed by atoms with Crippen LogP contribution in [0.4, 0.5) is 18.0 Å². The number of halogens is 4. The van der Waals surface area contributed by atoms with Gasteiger partial charge in [-0.2, -0.15) is 13.2 Å². The minimum Gasteiger partial charge on any atom is -0.493 e. The zero-order valence-corrected chi connectivity index (χ0v) is 24.9. The van der Waals surface area contributed by atoms with Crippen molar-refractivity contribution in [3.8, 4) is 5.75 Å². The average Bonchev–Trinajstić information content (AvgIpc) is 2.91. The Kier molecular flexibility index (Phi) is 11.4. The molecule has 41 heavy (non-hydrogen) atoms. The summed E-state index contributed by atoms with van der Waals surface area (Å²) >= 11 is 3.37. The van der Waals surface area contributed by atoms with Crippen molar-refractivity contribution in [3.63, 3.8) is 0 Å². The molecule has 1 aromatic heterocycles. The van der Waals surface area contributed by atoms with Crippen molar-refractivity contribution in [2.75, 3.05) is 13.2 Å². The second-order valence-electron chi connectivity index (χ2n) is 9.77. The number of carbonyl (C=O) groups excluding carboxylic acids is 2. The van der Waals surface area contributed by atoms with E-state index in [1.807, 2.05) is 45.0 Å². The molecule has 7 nitrogen and oxygen atoms in total. The summed E-state index contributed by atoms with van der Waals surface area (Å²) in [5, 5.41) is 2.65. The molecule has 2 aromatic carbocycles. The smallest absolute Gasteiger partial charge is 0.417 e. The first-order valence-corrected chi connectivity index (χ1v) is 14.4. The van der Waals surface area contributed by atoms with E-state index in [-0.39, 0.29) is 30.2 Å². The van der Waals surface area contributed by atoms with Crippen molar-refractivity contribution in [1.29, 1.82) is 0 Å². The van der Waals surface area contributed by atoms with E-state index in [1.54, 1.807) is 0 Å². The minimum atomic E-state index is -4.71. The van der Waals surface area contributed by atoms with Crippen LogP contribution in [0.5, 0.6) is 5.75 Å². The number of urea groups is 1. The molecule has 0 fully saturated rings. The molecule has 1 N–H and O–H groups in total. The SMILES string of the molecule is CCCc1cc2c(C(F)(F)F)cc(=O)oc2c(CCC)c1OCCCCN(C=O)C(=O)NC(C)c1ccc(Br)cc1. The Morgan fingerprint density at radius 2 is 1.80 bits per heavy atom. The normalized spacial score (nSPS) is 12.3. The Morgan fingerprint density at radius 1 is 1.12 bits per heavy atom. The number of hydrogen-bond donors (Lipinski definition) is 1. The van der Waals surface area contributed by atoms with Gasteiger partial charge in [0.2, 0.25) is 6.41 Å². The maximum Gasteiger partial charge on any atom is 0.417 e. The van der Waals surface area contributed by atoms with Crippen LogP contribution in [0, 0.1) is 0 Å². The summed E-state index contributed by atoms with van der Waals surface area (Å²) in [5.41, 5.74) is -0.263. The highest BCUT2D eigenvalue weighted by molar-refractivity contribution is 9.10. The van der Waals surface area contributed by atoms with Crippen LogP contribution in [0.25, 0.3) is 11.0 Å². The van der Waals surface area contributed by atoms with E-state index in [4.69, 9.17) is 9.15 Å². The maximum absolute atomic E-state index is 13.8. The van der Waals surface area contributed by atoms with Gasteiger partial charge in [-0.15, -0.1) is 0 Å².